The highest BCUT2D eigenvalue weighted by Crippen LogP contribution is 1.98. The van der Waals surface area contributed by atoms with Crippen molar-refractivity contribution in [2.24, 2.45) is 0 Å². The lowest BCUT2D eigenvalue weighted by atomic mass is 10.3. The van der Waals surface area contributed by atoms with Crippen LogP contribution in [0, 0.1) is 0 Å². The molecule has 2 nitrogen and oxygen atoms in total. The lowest BCUT2D eigenvalue weighted by Gasteiger charge is -2.28. The first-order chi connectivity index (χ1) is 3.79. The van der Waals surface area contributed by atoms with Crippen molar-refractivity contribution in [3.8, 4) is 0 Å². The van der Waals surface area contributed by atoms with Gasteiger partial charge in [0.05, 0.1) is 13.2 Å². The van der Waals surface area contributed by atoms with Crippen molar-refractivity contribution in [1.82, 2.24) is 4.98 Å². The Kier molecular flexibility index (Phi) is 2.05. The molecule has 0 amide bonds. The maximum Gasteiger partial charge on any atom is 0.103 e. The SMILES string of the molecule is C[SiH](C)NC1COC1. The molecule has 3 heteroatoms. The Morgan fingerprint density at radius 3 is 2.25 bits per heavy atom. The monoisotopic (exact) mass is 131 g/mol. The van der Waals surface area contributed by atoms with Gasteiger partial charge in [-0.1, -0.05) is 13.1 Å². The van der Waals surface area contributed by atoms with Crippen molar-refractivity contribution in [1.29, 1.82) is 0 Å². The zero-order chi connectivity index (χ0) is 5.98. The van der Waals surface area contributed by atoms with Gasteiger partial charge in [0, 0.05) is 6.04 Å². The molecule has 1 fully saturated rings. The zero-order valence-corrected chi connectivity index (χ0v) is 6.63. The quantitative estimate of drug-likeness (QED) is 0.531. The summed E-state index contributed by atoms with van der Waals surface area (Å²) in [6, 6.07) is 0.696. The molecular formula is C5H13NOSi. The lowest BCUT2D eigenvalue weighted by molar-refractivity contribution is 0.00413. The Hall–Kier alpha value is 0.137. The normalized spacial score (nSPS) is 21.4. The summed E-state index contributed by atoms with van der Waals surface area (Å²) in [4.78, 5) is 3.49. The van der Waals surface area contributed by atoms with E-state index in [9.17, 15) is 0 Å². The van der Waals surface area contributed by atoms with Gasteiger partial charge in [0.15, 0.2) is 0 Å². The lowest BCUT2D eigenvalue weighted by Crippen LogP contribution is -2.50. The van der Waals surface area contributed by atoms with Crippen LogP contribution in [0.25, 0.3) is 0 Å². The van der Waals surface area contributed by atoms with Gasteiger partial charge in [-0.3, -0.25) is 0 Å². The van der Waals surface area contributed by atoms with E-state index in [1.165, 1.54) is 0 Å². The fraction of sp³-hybridized carbons (Fsp3) is 1.00. The molecule has 1 heterocycles. The second-order valence-corrected chi connectivity index (χ2v) is 5.20. The van der Waals surface area contributed by atoms with Crippen LogP contribution in [-0.4, -0.2) is 28.2 Å². The topological polar surface area (TPSA) is 21.3 Å². The second-order valence-electron chi connectivity index (χ2n) is 2.56. The number of hydrogen-bond acceptors (Lipinski definition) is 2. The molecule has 1 aliphatic rings. The predicted molar refractivity (Wildman–Crippen MR) is 36.6 cm³/mol. The number of rotatable bonds is 2. The molecule has 0 aromatic heterocycles. The molecule has 1 N–H and O–H groups in total. The van der Waals surface area contributed by atoms with Crippen LogP contribution in [0.3, 0.4) is 0 Å². The predicted octanol–water partition coefficient (Wildman–Crippen LogP) is -0.0418. The van der Waals surface area contributed by atoms with Gasteiger partial charge in [0.25, 0.3) is 0 Å². The summed E-state index contributed by atoms with van der Waals surface area (Å²) < 4.78 is 5.00. The van der Waals surface area contributed by atoms with Crippen LogP contribution in [0.5, 0.6) is 0 Å². The number of hydrogen-bond donors (Lipinski definition) is 1. The minimum Gasteiger partial charge on any atom is -0.378 e. The highest BCUT2D eigenvalue weighted by Gasteiger charge is 2.17. The van der Waals surface area contributed by atoms with Crippen LogP contribution in [0.4, 0.5) is 0 Å². The van der Waals surface area contributed by atoms with Crippen molar-refractivity contribution in [3.05, 3.63) is 0 Å². The third-order valence-corrected chi connectivity index (χ3v) is 2.35. The fourth-order valence-electron chi connectivity index (χ4n) is 0.803. The zero-order valence-electron chi connectivity index (χ0n) is 5.48. The maximum absolute atomic E-state index is 5.00. The first-order valence-electron chi connectivity index (χ1n) is 3.13. The largest absolute Gasteiger partial charge is 0.378 e. The summed E-state index contributed by atoms with van der Waals surface area (Å²) in [6.45, 7) is 6.45. The maximum atomic E-state index is 5.00. The van der Waals surface area contributed by atoms with E-state index < -0.39 is 8.96 Å². The van der Waals surface area contributed by atoms with Crippen molar-refractivity contribution in [2.45, 2.75) is 19.1 Å². The Labute approximate surface area is 51.9 Å². The van der Waals surface area contributed by atoms with Gasteiger partial charge in [-0.2, -0.15) is 0 Å². The van der Waals surface area contributed by atoms with E-state index in [0.29, 0.717) is 6.04 Å². The van der Waals surface area contributed by atoms with E-state index in [0.717, 1.165) is 13.2 Å². The summed E-state index contributed by atoms with van der Waals surface area (Å²) in [5.41, 5.74) is 0. The Balaban J connectivity index is 2.01. The van der Waals surface area contributed by atoms with E-state index in [2.05, 4.69) is 18.1 Å². The molecule has 0 aromatic carbocycles. The van der Waals surface area contributed by atoms with Gasteiger partial charge in [-0.25, -0.2) is 0 Å². The summed E-state index contributed by atoms with van der Waals surface area (Å²) in [5.74, 6) is 0. The van der Waals surface area contributed by atoms with Gasteiger partial charge in [0.1, 0.15) is 8.96 Å². The first-order valence-corrected chi connectivity index (χ1v) is 6.01. The van der Waals surface area contributed by atoms with Crippen molar-refractivity contribution >= 4 is 8.96 Å². The second kappa shape index (κ2) is 2.62. The molecule has 0 aliphatic carbocycles. The summed E-state index contributed by atoms with van der Waals surface area (Å²) in [5, 5.41) is 0. The average Bonchev–Trinajstić information content (AvgIpc) is 1.55. The molecule has 1 aliphatic heterocycles. The van der Waals surface area contributed by atoms with Crippen LogP contribution in [0.2, 0.25) is 13.1 Å². The first kappa shape index (κ1) is 6.26. The highest BCUT2D eigenvalue weighted by atomic mass is 28.3. The Bertz CT molecular complexity index is 72.8. The summed E-state index contributed by atoms with van der Waals surface area (Å²) >= 11 is 0. The van der Waals surface area contributed by atoms with Crippen LogP contribution in [0.1, 0.15) is 0 Å². The molecule has 0 unspecified atom stereocenters. The minimum atomic E-state index is -0.525. The van der Waals surface area contributed by atoms with Crippen LogP contribution in [0.15, 0.2) is 0 Å². The van der Waals surface area contributed by atoms with Crippen molar-refractivity contribution in [2.75, 3.05) is 13.2 Å². The molecule has 0 aromatic rings. The molecule has 48 valence electrons. The van der Waals surface area contributed by atoms with E-state index >= 15 is 0 Å². The van der Waals surface area contributed by atoms with E-state index in [4.69, 9.17) is 4.74 Å². The van der Waals surface area contributed by atoms with Gasteiger partial charge < -0.3 is 9.72 Å². The highest BCUT2D eigenvalue weighted by molar-refractivity contribution is 6.52. The summed E-state index contributed by atoms with van der Waals surface area (Å²) in [7, 11) is -0.525. The molecule has 1 saturated heterocycles. The van der Waals surface area contributed by atoms with E-state index in [1.807, 2.05) is 0 Å². The van der Waals surface area contributed by atoms with Gasteiger partial charge in [-0.05, 0) is 0 Å². The third-order valence-electron chi connectivity index (χ3n) is 1.21. The van der Waals surface area contributed by atoms with Crippen LogP contribution < -0.4 is 4.98 Å². The molecule has 1 rings (SSSR count). The molecular weight excluding hydrogens is 118 g/mol. The summed E-state index contributed by atoms with van der Waals surface area (Å²) in [6.07, 6.45) is 0. The fourth-order valence-corrected chi connectivity index (χ4v) is 1.94. The van der Waals surface area contributed by atoms with Crippen LogP contribution >= 0.6 is 0 Å². The standard InChI is InChI=1S/C5H13NOSi/c1-8(2)6-5-3-7-4-5/h5-6,8H,3-4H2,1-2H3. The Morgan fingerprint density at radius 2 is 2.12 bits per heavy atom. The molecule has 0 atom stereocenters. The van der Waals surface area contributed by atoms with Gasteiger partial charge in [0.2, 0.25) is 0 Å². The van der Waals surface area contributed by atoms with Gasteiger partial charge in [-0.15, -0.1) is 0 Å². The number of nitrogens with one attached hydrogen (secondary N) is 1. The van der Waals surface area contributed by atoms with Crippen molar-refractivity contribution < 1.29 is 4.74 Å². The van der Waals surface area contributed by atoms with E-state index in [1.54, 1.807) is 0 Å². The number of ether oxygens (including phenoxy) is 1. The molecule has 0 saturated carbocycles. The molecule has 0 spiro atoms. The van der Waals surface area contributed by atoms with Gasteiger partial charge >= 0.3 is 0 Å². The van der Waals surface area contributed by atoms with E-state index in [-0.39, 0.29) is 0 Å². The Morgan fingerprint density at radius 1 is 1.50 bits per heavy atom. The molecule has 0 bridgehead atoms. The van der Waals surface area contributed by atoms with Crippen LogP contribution in [-0.2, 0) is 4.74 Å². The average molecular weight is 131 g/mol. The molecule has 0 radical (unpaired) electrons. The van der Waals surface area contributed by atoms with Crippen molar-refractivity contribution in [3.63, 3.8) is 0 Å². The molecule has 8 heavy (non-hydrogen) atoms. The third kappa shape index (κ3) is 1.58. The minimum absolute atomic E-state index is 0.525. The smallest absolute Gasteiger partial charge is 0.103 e.